The highest BCUT2D eigenvalue weighted by molar-refractivity contribution is 5.84. The van der Waals surface area contributed by atoms with Gasteiger partial charge in [-0.15, -0.1) is 0 Å². The van der Waals surface area contributed by atoms with Crippen LogP contribution in [-0.2, 0) is 9.59 Å². The van der Waals surface area contributed by atoms with Gasteiger partial charge in [0, 0.05) is 24.7 Å². The largest absolute Gasteiger partial charge is 0.481 e. The zero-order valence-electron chi connectivity index (χ0n) is 16.0. The SMILES string of the molecule is CC[C@H](O)/C=C/[C@@H]1[C@@H](O)CC(=O)[C@@H]1C/C=C\C/C=C\C/C=C\CCC(=O)O. The summed E-state index contributed by atoms with van der Waals surface area (Å²) in [6.45, 7) is 1.88. The number of allylic oxidation sites excluding steroid dienone is 6. The molecule has 0 bridgehead atoms. The molecule has 0 aliphatic heterocycles. The summed E-state index contributed by atoms with van der Waals surface area (Å²) in [5, 5.41) is 28.2. The molecular weight excluding hydrogens is 344 g/mol. The number of carbonyl (C=O) groups excluding carboxylic acids is 1. The van der Waals surface area contributed by atoms with Crippen molar-refractivity contribution in [2.45, 2.75) is 64.1 Å². The number of ketones is 1. The van der Waals surface area contributed by atoms with Gasteiger partial charge in [0.25, 0.3) is 0 Å². The predicted octanol–water partition coefficient (Wildman–Crippen LogP) is 3.58. The Morgan fingerprint density at radius 2 is 1.78 bits per heavy atom. The summed E-state index contributed by atoms with van der Waals surface area (Å²) in [5.41, 5.74) is 0. The van der Waals surface area contributed by atoms with E-state index in [9.17, 15) is 19.8 Å². The average molecular weight is 376 g/mol. The Hall–Kier alpha value is -1.98. The van der Waals surface area contributed by atoms with Crippen LogP contribution in [0.25, 0.3) is 0 Å². The smallest absolute Gasteiger partial charge is 0.303 e. The van der Waals surface area contributed by atoms with Gasteiger partial charge in [0.15, 0.2) is 0 Å². The van der Waals surface area contributed by atoms with Gasteiger partial charge in [-0.25, -0.2) is 0 Å². The van der Waals surface area contributed by atoms with E-state index in [4.69, 9.17) is 5.11 Å². The van der Waals surface area contributed by atoms with Crippen LogP contribution in [0.15, 0.2) is 48.6 Å². The molecule has 0 spiro atoms. The van der Waals surface area contributed by atoms with Crippen molar-refractivity contribution in [3.63, 3.8) is 0 Å². The van der Waals surface area contributed by atoms with E-state index in [1.165, 1.54) is 0 Å². The minimum Gasteiger partial charge on any atom is -0.481 e. The summed E-state index contributed by atoms with van der Waals surface area (Å²) in [6, 6.07) is 0. The molecule has 0 heterocycles. The lowest BCUT2D eigenvalue weighted by atomic mass is 9.90. The number of carboxylic acid groups (broad SMARTS) is 1. The van der Waals surface area contributed by atoms with Crippen molar-refractivity contribution in [3.8, 4) is 0 Å². The lowest BCUT2D eigenvalue weighted by Gasteiger charge is -2.16. The Labute approximate surface area is 161 Å². The fourth-order valence-corrected chi connectivity index (χ4v) is 3.03. The molecule has 1 fully saturated rings. The minimum atomic E-state index is -0.784. The summed E-state index contributed by atoms with van der Waals surface area (Å²) in [4.78, 5) is 22.5. The van der Waals surface area contributed by atoms with Gasteiger partial charge < -0.3 is 15.3 Å². The topological polar surface area (TPSA) is 94.8 Å². The number of rotatable bonds is 12. The summed E-state index contributed by atoms with van der Waals surface area (Å²) in [6.07, 6.45) is 17.7. The molecule has 27 heavy (non-hydrogen) atoms. The number of aliphatic hydroxyl groups excluding tert-OH is 2. The maximum Gasteiger partial charge on any atom is 0.303 e. The first-order valence-corrected chi connectivity index (χ1v) is 9.69. The molecule has 0 radical (unpaired) electrons. The number of carboxylic acids is 1. The lowest BCUT2D eigenvalue weighted by Crippen LogP contribution is -2.18. The van der Waals surface area contributed by atoms with E-state index in [0.717, 1.165) is 12.8 Å². The first-order chi connectivity index (χ1) is 13.0. The van der Waals surface area contributed by atoms with Gasteiger partial charge in [-0.3, -0.25) is 9.59 Å². The molecule has 1 aliphatic carbocycles. The number of hydrogen-bond donors (Lipinski definition) is 3. The summed E-state index contributed by atoms with van der Waals surface area (Å²) in [7, 11) is 0. The Bertz CT molecular complexity index is 573. The average Bonchev–Trinajstić information content (AvgIpc) is 2.90. The van der Waals surface area contributed by atoms with Gasteiger partial charge in [0.1, 0.15) is 5.78 Å². The first kappa shape index (κ1) is 23.1. The third kappa shape index (κ3) is 9.50. The molecule has 0 aromatic carbocycles. The molecule has 5 nitrogen and oxygen atoms in total. The van der Waals surface area contributed by atoms with Crippen molar-refractivity contribution in [2.75, 3.05) is 0 Å². The Balaban J connectivity index is 2.35. The van der Waals surface area contributed by atoms with Crippen LogP contribution in [0.3, 0.4) is 0 Å². The molecule has 0 aromatic rings. The standard InChI is InChI=1S/C22H32O5/c1-2-17(23)14-15-19-18(20(24)16-21(19)25)12-10-8-6-4-3-5-7-9-11-13-22(26)27/h3-4,7-10,14-15,17-19,21,23,25H,2,5-6,11-13,16H2,1H3,(H,26,27)/b4-3-,9-7-,10-8-,15-14+/t17-,18+,19-,21-/m0/s1. The molecule has 0 saturated heterocycles. The molecule has 0 amide bonds. The summed E-state index contributed by atoms with van der Waals surface area (Å²) < 4.78 is 0. The van der Waals surface area contributed by atoms with E-state index < -0.39 is 18.2 Å². The zero-order chi connectivity index (χ0) is 20.1. The second kappa shape index (κ2) is 13.2. The second-order valence-corrected chi connectivity index (χ2v) is 6.84. The summed E-state index contributed by atoms with van der Waals surface area (Å²) >= 11 is 0. The Kier molecular flexibility index (Phi) is 11.3. The summed E-state index contributed by atoms with van der Waals surface area (Å²) in [5.74, 6) is -1.16. The van der Waals surface area contributed by atoms with Crippen LogP contribution in [0.4, 0.5) is 0 Å². The molecular formula is C22H32O5. The minimum absolute atomic E-state index is 0.0785. The van der Waals surface area contributed by atoms with Crippen LogP contribution in [0, 0.1) is 11.8 Å². The van der Waals surface area contributed by atoms with E-state index in [1.54, 1.807) is 12.2 Å². The molecule has 0 unspecified atom stereocenters. The quantitative estimate of drug-likeness (QED) is 0.453. The van der Waals surface area contributed by atoms with Crippen LogP contribution in [0.1, 0.15) is 51.9 Å². The van der Waals surface area contributed by atoms with Crippen molar-refractivity contribution in [1.29, 1.82) is 0 Å². The number of aliphatic hydroxyl groups is 2. The van der Waals surface area contributed by atoms with Crippen LogP contribution in [0.2, 0.25) is 0 Å². The zero-order valence-corrected chi connectivity index (χ0v) is 16.0. The Morgan fingerprint density at radius 3 is 2.41 bits per heavy atom. The molecule has 1 rings (SSSR count). The predicted molar refractivity (Wildman–Crippen MR) is 106 cm³/mol. The van der Waals surface area contributed by atoms with Gasteiger partial charge in [-0.1, -0.05) is 55.5 Å². The van der Waals surface area contributed by atoms with E-state index in [-0.39, 0.29) is 30.5 Å². The van der Waals surface area contributed by atoms with Gasteiger partial charge >= 0.3 is 5.97 Å². The monoisotopic (exact) mass is 376 g/mol. The molecule has 1 saturated carbocycles. The number of Topliss-reactive ketones (excluding diaryl/α,β-unsaturated/α-hetero) is 1. The molecule has 4 atom stereocenters. The van der Waals surface area contributed by atoms with Gasteiger partial charge in [-0.2, -0.15) is 0 Å². The third-order valence-electron chi connectivity index (χ3n) is 4.67. The van der Waals surface area contributed by atoms with Crippen molar-refractivity contribution in [1.82, 2.24) is 0 Å². The number of hydrogen-bond acceptors (Lipinski definition) is 4. The third-order valence-corrected chi connectivity index (χ3v) is 4.67. The molecule has 150 valence electrons. The molecule has 5 heteroatoms. The molecule has 3 N–H and O–H groups in total. The van der Waals surface area contributed by atoms with E-state index >= 15 is 0 Å². The van der Waals surface area contributed by atoms with Crippen LogP contribution >= 0.6 is 0 Å². The first-order valence-electron chi connectivity index (χ1n) is 9.69. The molecule has 0 aromatic heterocycles. The lowest BCUT2D eigenvalue weighted by molar-refractivity contribution is -0.136. The van der Waals surface area contributed by atoms with Crippen molar-refractivity contribution in [2.24, 2.45) is 11.8 Å². The fraction of sp³-hybridized carbons (Fsp3) is 0.545. The van der Waals surface area contributed by atoms with Crippen LogP contribution < -0.4 is 0 Å². The maximum atomic E-state index is 12.1. The normalized spacial score (nSPS) is 24.9. The van der Waals surface area contributed by atoms with Crippen LogP contribution in [0.5, 0.6) is 0 Å². The van der Waals surface area contributed by atoms with E-state index in [0.29, 0.717) is 19.3 Å². The maximum absolute atomic E-state index is 12.1. The number of aliphatic carboxylic acids is 1. The Morgan fingerprint density at radius 1 is 1.15 bits per heavy atom. The van der Waals surface area contributed by atoms with Gasteiger partial charge in [0.2, 0.25) is 0 Å². The highest BCUT2D eigenvalue weighted by Gasteiger charge is 2.39. The van der Waals surface area contributed by atoms with Gasteiger partial charge in [-0.05, 0) is 32.1 Å². The van der Waals surface area contributed by atoms with Crippen molar-refractivity contribution >= 4 is 11.8 Å². The van der Waals surface area contributed by atoms with Gasteiger partial charge in [0.05, 0.1) is 12.2 Å². The highest BCUT2D eigenvalue weighted by Crippen LogP contribution is 2.33. The number of carbonyl (C=O) groups is 2. The van der Waals surface area contributed by atoms with E-state index in [1.807, 2.05) is 43.4 Å². The van der Waals surface area contributed by atoms with E-state index in [2.05, 4.69) is 0 Å². The second-order valence-electron chi connectivity index (χ2n) is 6.84. The highest BCUT2D eigenvalue weighted by atomic mass is 16.4. The van der Waals surface area contributed by atoms with Crippen molar-refractivity contribution < 1.29 is 24.9 Å². The van der Waals surface area contributed by atoms with Crippen LogP contribution in [-0.4, -0.2) is 39.3 Å². The fourth-order valence-electron chi connectivity index (χ4n) is 3.03. The van der Waals surface area contributed by atoms with Crippen molar-refractivity contribution in [3.05, 3.63) is 48.6 Å². The molecule has 1 aliphatic rings.